The fraction of sp³-hybridized carbons (Fsp3) is 0.667. The van der Waals surface area contributed by atoms with Crippen LogP contribution in [0.5, 0.6) is 17.2 Å². The lowest BCUT2D eigenvalue weighted by Crippen LogP contribution is -2.51. The van der Waals surface area contributed by atoms with Crippen molar-refractivity contribution in [1.82, 2.24) is 5.32 Å². The van der Waals surface area contributed by atoms with E-state index in [1.165, 1.54) is 38.5 Å². The monoisotopic (exact) mass is 359 g/mol. The van der Waals surface area contributed by atoms with Crippen molar-refractivity contribution in [2.45, 2.75) is 38.5 Å². The maximum Gasteiger partial charge on any atom is 0.251 e. The van der Waals surface area contributed by atoms with Gasteiger partial charge in [-0.2, -0.15) is 0 Å². The predicted molar refractivity (Wildman–Crippen MR) is 99.0 cm³/mol. The maximum absolute atomic E-state index is 12.8. The van der Waals surface area contributed by atoms with Crippen LogP contribution in [0.2, 0.25) is 0 Å². The van der Waals surface area contributed by atoms with Crippen LogP contribution in [-0.2, 0) is 0 Å². The van der Waals surface area contributed by atoms with Crippen LogP contribution in [0.15, 0.2) is 12.1 Å². The highest BCUT2D eigenvalue weighted by atomic mass is 16.5. The van der Waals surface area contributed by atoms with Gasteiger partial charge in [0.05, 0.1) is 21.3 Å². The topological polar surface area (TPSA) is 56.8 Å². The molecule has 1 aromatic carbocycles. The summed E-state index contributed by atoms with van der Waals surface area (Å²) >= 11 is 0. The predicted octanol–water partition coefficient (Wildman–Crippen LogP) is 3.66. The molecule has 0 saturated heterocycles. The van der Waals surface area contributed by atoms with Gasteiger partial charge in [-0.25, -0.2) is 0 Å². The van der Waals surface area contributed by atoms with Crippen molar-refractivity contribution in [3.8, 4) is 17.2 Å². The quantitative estimate of drug-likeness (QED) is 0.842. The van der Waals surface area contributed by atoms with Gasteiger partial charge in [0.2, 0.25) is 5.75 Å². The number of rotatable bonds is 6. The normalized spacial score (nSPS) is 31.6. The minimum Gasteiger partial charge on any atom is -0.493 e. The van der Waals surface area contributed by atoms with Gasteiger partial charge in [0.1, 0.15) is 0 Å². The van der Waals surface area contributed by atoms with E-state index in [1.54, 1.807) is 33.5 Å². The molecule has 0 unspecified atom stereocenters. The molecule has 1 amide bonds. The first-order chi connectivity index (χ1) is 12.6. The lowest BCUT2D eigenvalue weighted by molar-refractivity contribution is -0.0503. The minimum absolute atomic E-state index is 0.0694. The van der Waals surface area contributed by atoms with Crippen LogP contribution < -0.4 is 19.5 Å². The number of amides is 1. The zero-order valence-electron chi connectivity index (χ0n) is 16.0. The van der Waals surface area contributed by atoms with Crippen molar-refractivity contribution in [1.29, 1.82) is 0 Å². The van der Waals surface area contributed by atoms with E-state index >= 15 is 0 Å². The van der Waals surface area contributed by atoms with E-state index in [1.807, 2.05) is 0 Å². The van der Waals surface area contributed by atoms with E-state index in [-0.39, 0.29) is 5.91 Å². The van der Waals surface area contributed by atoms with Gasteiger partial charge in [0.25, 0.3) is 5.91 Å². The van der Waals surface area contributed by atoms with Crippen LogP contribution in [0.25, 0.3) is 0 Å². The number of hydrogen-bond acceptors (Lipinski definition) is 4. The Hall–Kier alpha value is -1.91. The van der Waals surface area contributed by atoms with E-state index in [4.69, 9.17) is 14.2 Å². The summed E-state index contributed by atoms with van der Waals surface area (Å²) in [6.45, 7) is 0.784. The highest BCUT2D eigenvalue weighted by Crippen LogP contribution is 2.59. The molecule has 4 bridgehead atoms. The summed E-state index contributed by atoms with van der Waals surface area (Å²) in [4.78, 5) is 12.8. The van der Waals surface area contributed by atoms with Crippen LogP contribution in [0, 0.1) is 23.2 Å². The van der Waals surface area contributed by atoms with Crippen molar-refractivity contribution in [3.63, 3.8) is 0 Å². The van der Waals surface area contributed by atoms with Crippen LogP contribution in [0.4, 0.5) is 0 Å². The van der Waals surface area contributed by atoms with Gasteiger partial charge in [-0.3, -0.25) is 4.79 Å². The number of benzene rings is 1. The summed E-state index contributed by atoms with van der Waals surface area (Å²) < 4.78 is 16.1. The molecule has 4 fully saturated rings. The van der Waals surface area contributed by atoms with Crippen LogP contribution in [0.1, 0.15) is 48.9 Å². The summed E-state index contributed by atoms with van der Waals surface area (Å²) in [5.41, 5.74) is 0.870. The Morgan fingerprint density at radius 2 is 1.46 bits per heavy atom. The fourth-order valence-corrected chi connectivity index (χ4v) is 6.09. The third-order valence-corrected chi connectivity index (χ3v) is 6.72. The number of carbonyl (C=O) groups is 1. The van der Waals surface area contributed by atoms with Crippen molar-refractivity contribution in [3.05, 3.63) is 17.7 Å². The number of methoxy groups -OCH3 is 3. The molecule has 0 atom stereocenters. The number of hydrogen-bond donors (Lipinski definition) is 1. The van der Waals surface area contributed by atoms with Crippen molar-refractivity contribution in [2.75, 3.05) is 27.9 Å². The van der Waals surface area contributed by atoms with Gasteiger partial charge in [0.15, 0.2) is 11.5 Å². The first-order valence-electron chi connectivity index (χ1n) is 9.64. The summed E-state index contributed by atoms with van der Waals surface area (Å²) in [5.74, 6) is 4.12. The van der Waals surface area contributed by atoms with Crippen LogP contribution in [0.3, 0.4) is 0 Å². The Morgan fingerprint density at radius 3 is 1.88 bits per heavy atom. The number of nitrogens with one attached hydrogen (secondary N) is 1. The highest BCUT2D eigenvalue weighted by molar-refractivity contribution is 5.95. The van der Waals surface area contributed by atoms with Gasteiger partial charge < -0.3 is 19.5 Å². The van der Waals surface area contributed by atoms with Gasteiger partial charge in [-0.05, 0) is 73.8 Å². The summed E-state index contributed by atoms with van der Waals surface area (Å²) in [6.07, 6.45) is 8.11. The third kappa shape index (κ3) is 3.01. The largest absolute Gasteiger partial charge is 0.493 e. The second kappa shape index (κ2) is 6.67. The van der Waals surface area contributed by atoms with Crippen LogP contribution >= 0.6 is 0 Å². The smallest absolute Gasteiger partial charge is 0.251 e. The fourth-order valence-electron chi connectivity index (χ4n) is 6.09. The molecule has 0 spiro atoms. The number of ether oxygens (including phenoxy) is 3. The zero-order valence-corrected chi connectivity index (χ0v) is 16.0. The number of carbonyl (C=O) groups excluding carboxylic acids is 1. The van der Waals surface area contributed by atoms with E-state index < -0.39 is 0 Å². The molecule has 1 N–H and O–H groups in total. The first-order valence-corrected chi connectivity index (χ1v) is 9.64. The lowest BCUT2D eigenvalue weighted by atomic mass is 9.49. The molecule has 5 nitrogen and oxygen atoms in total. The van der Waals surface area contributed by atoms with E-state index in [0.717, 1.165) is 24.3 Å². The van der Waals surface area contributed by atoms with Crippen molar-refractivity contribution in [2.24, 2.45) is 23.2 Å². The van der Waals surface area contributed by atoms with Gasteiger partial charge in [-0.15, -0.1) is 0 Å². The molecule has 142 valence electrons. The molecule has 0 aromatic heterocycles. The van der Waals surface area contributed by atoms with Gasteiger partial charge >= 0.3 is 0 Å². The Labute approximate surface area is 155 Å². The molecule has 0 aliphatic heterocycles. The summed E-state index contributed by atoms with van der Waals surface area (Å²) in [7, 11) is 4.69. The molecule has 4 aliphatic carbocycles. The second-order valence-corrected chi connectivity index (χ2v) is 8.51. The molecule has 5 rings (SSSR count). The molecule has 0 radical (unpaired) electrons. The third-order valence-electron chi connectivity index (χ3n) is 6.72. The average Bonchev–Trinajstić information content (AvgIpc) is 2.63. The van der Waals surface area contributed by atoms with Crippen molar-refractivity contribution < 1.29 is 19.0 Å². The molecule has 1 aromatic rings. The Morgan fingerprint density at radius 1 is 0.962 bits per heavy atom. The Bertz CT molecular complexity index is 639. The maximum atomic E-state index is 12.8. The molecular formula is C21H29NO4. The summed E-state index contributed by atoms with van der Waals surface area (Å²) in [5, 5.41) is 3.21. The van der Waals surface area contributed by atoms with E-state index in [9.17, 15) is 4.79 Å². The molecule has 4 saturated carbocycles. The molecule has 0 heterocycles. The lowest BCUT2D eigenvalue weighted by Gasteiger charge is -2.56. The molecule has 26 heavy (non-hydrogen) atoms. The Balaban J connectivity index is 1.49. The van der Waals surface area contributed by atoms with Crippen LogP contribution in [-0.4, -0.2) is 33.8 Å². The van der Waals surface area contributed by atoms with E-state index in [0.29, 0.717) is 28.2 Å². The van der Waals surface area contributed by atoms with Gasteiger partial charge in [0, 0.05) is 12.1 Å². The minimum atomic E-state index is -0.0694. The Kier molecular flexibility index (Phi) is 4.49. The highest BCUT2D eigenvalue weighted by Gasteiger charge is 2.50. The molecular weight excluding hydrogens is 330 g/mol. The zero-order chi connectivity index (χ0) is 18.3. The van der Waals surface area contributed by atoms with Gasteiger partial charge in [-0.1, -0.05) is 0 Å². The molecule has 4 aliphatic rings. The second-order valence-electron chi connectivity index (χ2n) is 8.51. The first kappa shape index (κ1) is 17.5. The standard InChI is InChI=1S/C21H29NO4/c1-24-17-7-16(8-18(25-2)19(17)26-3)20(23)22-12-21-9-13-4-14(10-21)6-15(5-13)11-21/h7-8,13-15H,4-6,9-12H2,1-3H3,(H,22,23). The SMILES string of the molecule is COc1cc(C(=O)NCC23CC4CC(CC(C4)C2)C3)cc(OC)c1OC. The average molecular weight is 359 g/mol. The van der Waals surface area contributed by atoms with E-state index in [2.05, 4.69) is 5.32 Å². The van der Waals surface area contributed by atoms with Crippen molar-refractivity contribution >= 4 is 5.91 Å². The summed E-state index contributed by atoms with van der Waals surface area (Å²) in [6, 6.07) is 3.44. The molecule has 5 heteroatoms.